The molecular formula is C12H24O3Si. The maximum absolute atomic E-state index is 5.47. The van der Waals surface area contributed by atoms with Crippen LogP contribution in [-0.4, -0.2) is 30.1 Å². The van der Waals surface area contributed by atoms with Crippen LogP contribution in [0.5, 0.6) is 0 Å². The van der Waals surface area contributed by atoms with E-state index in [2.05, 4.69) is 0 Å². The van der Waals surface area contributed by atoms with E-state index in [1.807, 2.05) is 0 Å². The lowest BCUT2D eigenvalue weighted by Gasteiger charge is -2.28. The Bertz CT molecular complexity index is 222. The maximum Gasteiger partial charge on any atom is 0.500 e. The summed E-state index contributed by atoms with van der Waals surface area (Å²) < 4.78 is 16.4. The average Bonchev–Trinajstić information content (AvgIpc) is 2.93. The van der Waals surface area contributed by atoms with Gasteiger partial charge in [0.25, 0.3) is 0 Å². The summed E-state index contributed by atoms with van der Waals surface area (Å²) in [6.07, 6.45) is 7.07. The zero-order chi connectivity index (χ0) is 11.6. The van der Waals surface area contributed by atoms with Crippen molar-refractivity contribution in [2.75, 3.05) is 21.3 Å². The first-order chi connectivity index (χ1) is 7.73. The molecule has 2 fully saturated rings. The van der Waals surface area contributed by atoms with Gasteiger partial charge in [-0.25, -0.2) is 0 Å². The lowest BCUT2D eigenvalue weighted by atomic mass is 9.87. The highest BCUT2D eigenvalue weighted by atomic mass is 28.4. The Hall–Kier alpha value is 0.0969. The van der Waals surface area contributed by atoms with Gasteiger partial charge in [-0.3, -0.25) is 0 Å². The van der Waals surface area contributed by atoms with Gasteiger partial charge in [-0.05, 0) is 43.4 Å². The minimum atomic E-state index is -2.31. The fraction of sp³-hybridized carbons (Fsp3) is 1.00. The number of rotatable bonds is 6. The van der Waals surface area contributed by atoms with Crippen LogP contribution in [0.15, 0.2) is 0 Å². The largest absolute Gasteiger partial charge is 0.500 e. The van der Waals surface area contributed by atoms with Gasteiger partial charge in [0, 0.05) is 27.4 Å². The third-order valence-electron chi connectivity index (χ3n) is 4.64. The Labute approximate surface area is 99.8 Å². The Balaban J connectivity index is 1.82. The van der Waals surface area contributed by atoms with E-state index in [1.54, 1.807) is 21.3 Å². The van der Waals surface area contributed by atoms with Crippen molar-refractivity contribution >= 4 is 8.80 Å². The summed E-state index contributed by atoms with van der Waals surface area (Å²) in [5.74, 6) is 2.92. The third kappa shape index (κ3) is 2.35. The van der Waals surface area contributed by atoms with E-state index < -0.39 is 8.80 Å². The second-order valence-corrected chi connectivity index (χ2v) is 8.36. The molecule has 0 aromatic rings. The fourth-order valence-corrected chi connectivity index (χ4v) is 5.49. The molecule has 0 N–H and O–H groups in total. The Morgan fingerprint density at radius 1 is 1.00 bits per heavy atom. The summed E-state index contributed by atoms with van der Waals surface area (Å²) in [6, 6.07) is 0.977. The predicted molar refractivity (Wildman–Crippen MR) is 65.1 cm³/mol. The monoisotopic (exact) mass is 244 g/mol. The van der Waals surface area contributed by atoms with Gasteiger partial charge >= 0.3 is 8.80 Å². The van der Waals surface area contributed by atoms with Crippen molar-refractivity contribution in [2.45, 2.75) is 38.1 Å². The summed E-state index contributed by atoms with van der Waals surface area (Å²) in [5.41, 5.74) is 0. The number of hydrogen-bond acceptors (Lipinski definition) is 3. The van der Waals surface area contributed by atoms with E-state index in [0.29, 0.717) is 0 Å². The van der Waals surface area contributed by atoms with E-state index in [4.69, 9.17) is 13.3 Å². The second-order valence-electron chi connectivity index (χ2n) is 5.27. The molecule has 0 amide bonds. The molecule has 2 aliphatic carbocycles. The highest BCUT2D eigenvalue weighted by Crippen LogP contribution is 2.50. The lowest BCUT2D eigenvalue weighted by molar-refractivity contribution is 0.119. The lowest BCUT2D eigenvalue weighted by Crippen LogP contribution is -2.43. The minimum absolute atomic E-state index is 0.908. The molecule has 0 spiro atoms. The van der Waals surface area contributed by atoms with Crippen molar-refractivity contribution in [3.63, 3.8) is 0 Å². The van der Waals surface area contributed by atoms with Crippen LogP contribution in [0, 0.1) is 17.8 Å². The summed E-state index contributed by atoms with van der Waals surface area (Å²) >= 11 is 0. The Morgan fingerprint density at radius 2 is 1.69 bits per heavy atom. The van der Waals surface area contributed by atoms with Gasteiger partial charge in [-0.1, -0.05) is 6.42 Å². The summed E-state index contributed by atoms with van der Waals surface area (Å²) in [7, 11) is 2.81. The van der Waals surface area contributed by atoms with E-state index in [1.165, 1.54) is 32.1 Å². The van der Waals surface area contributed by atoms with E-state index >= 15 is 0 Å². The van der Waals surface area contributed by atoms with Gasteiger partial charge in [-0.2, -0.15) is 0 Å². The molecule has 0 aromatic heterocycles. The smallest absolute Gasteiger partial charge is 0.377 e. The van der Waals surface area contributed by atoms with E-state index in [0.717, 1.165) is 23.8 Å². The summed E-state index contributed by atoms with van der Waals surface area (Å²) in [5, 5.41) is 0. The van der Waals surface area contributed by atoms with Gasteiger partial charge in [0.05, 0.1) is 0 Å². The van der Waals surface area contributed by atoms with Gasteiger partial charge in [0.1, 0.15) is 0 Å². The molecule has 3 atom stereocenters. The summed E-state index contributed by atoms with van der Waals surface area (Å²) in [6.45, 7) is 0. The highest BCUT2D eigenvalue weighted by Gasteiger charge is 2.43. The molecule has 0 heterocycles. The van der Waals surface area contributed by atoms with Crippen molar-refractivity contribution in [2.24, 2.45) is 17.8 Å². The molecule has 16 heavy (non-hydrogen) atoms. The van der Waals surface area contributed by atoms with E-state index in [9.17, 15) is 0 Å². The molecule has 94 valence electrons. The van der Waals surface area contributed by atoms with Gasteiger partial charge in [0.15, 0.2) is 0 Å². The normalized spacial score (nSPS) is 33.6. The average molecular weight is 244 g/mol. The van der Waals surface area contributed by atoms with Crippen molar-refractivity contribution in [3.8, 4) is 0 Å². The molecule has 2 saturated carbocycles. The molecule has 0 aliphatic heterocycles. The predicted octanol–water partition coefficient (Wildman–Crippen LogP) is 2.69. The van der Waals surface area contributed by atoms with Crippen LogP contribution in [0.4, 0.5) is 0 Å². The first kappa shape index (κ1) is 12.6. The standard InChI is InChI=1S/C12H24O3Si/c1-13-16(14-2,15-3)7-6-12-9-10-4-5-11(12)8-10/h10-12H,4-9H2,1-3H3. The molecule has 0 radical (unpaired) electrons. The van der Waals surface area contributed by atoms with Crippen LogP contribution < -0.4 is 0 Å². The fourth-order valence-electron chi connectivity index (χ4n) is 3.65. The maximum atomic E-state index is 5.47. The molecule has 4 heteroatoms. The van der Waals surface area contributed by atoms with Crippen molar-refractivity contribution in [1.29, 1.82) is 0 Å². The van der Waals surface area contributed by atoms with Gasteiger partial charge in [-0.15, -0.1) is 0 Å². The third-order valence-corrected chi connectivity index (χ3v) is 7.41. The topological polar surface area (TPSA) is 27.7 Å². The van der Waals surface area contributed by atoms with Crippen LogP contribution in [0.2, 0.25) is 6.04 Å². The Kier molecular flexibility index (Phi) is 4.05. The molecule has 3 nitrogen and oxygen atoms in total. The van der Waals surface area contributed by atoms with Crippen molar-refractivity contribution in [1.82, 2.24) is 0 Å². The minimum Gasteiger partial charge on any atom is -0.377 e. The first-order valence-corrected chi connectivity index (χ1v) is 8.31. The molecule has 3 unspecified atom stereocenters. The van der Waals surface area contributed by atoms with Crippen LogP contribution in [0.25, 0.3) is 0 Å². The number of fused-ring (bicyclic) bond motifs is 2. The van der Waals surface area contributed by atoms with E-state index in [-0.39, 0.29) is 0 Å². The molecule has 2 aliphatic rings. The second kappa shape index (κ2) is 5.17. The molecule has 0 saturated heterocycles. The SMILES string of the molecule is CO[Si](CCC1CC2CCC1C2)(OC)OC. The van der Waals surface area contributed by atoms with Gasteiger partial charge in [0.2, 0.25) is 0 Å². The number of hydrogen-bond donors (Lipinski definition) is 0. The zero-order valence-corrected chi connectivity index (χ0v) is 11.7. The van der Waals surface area contributed by atoms with Crippen LogP contribution in [0.3, 0.4) is 0 Å². The van der Waals surface area contributed by atoms with Crippen molar-refractivity contribution < 1.29 is 13.3 Å². The summed E-state index contributed by atoms with van der Waals surface area (Å²) in [4.78, 5) is 0. The molecule has 2 rings (SSSR count). The van der Waals surface area contributed by atoms with Crippen LogP contribution in [0.1, 0.15) is 32.1 Å². The quantitative estimate of drug-likeness (QED) is 0.672. The van der Waals surface area contributed by atoms with Crippen LogP contribution >= 0.6 is 0 Å². The highest BCUT2D eigenvalue weighted by molar-refractivity contribution is 6.60. The van der Waals surface area contributed by atoms with Crippen LogP contribution in [-0.2, 0) is 13.3 Å². The first-order valence-electron chi connectivity index (χ1n) is 6.38. The molecular weight excluding hydrogens is 220 g/mol. The van der Waals surface area contributed by atoms with Crippen molar-refractivity contribution in [3.05, 3.63) is 0 Å². The molecule has 2 bridgehead atoms. The zero-order valence-electron chi connectivity index (χ0n) is 10.7. The Morgan fingerprint density at radius 3 is 2.12 bits per heavy atom. The molecule has 0 aromatic carbocycles. The van der Waals surface area contributed by atoms with Gasteiger partial charge < -0.3 is 13.3 Å².